The number of likely N-dealkylation sites (tertiary alicyclic amines) is 1. The zero-order valence-corrected chi connectivity index (χ0v) is 27.5. The van der Waals surface area contributed by atoms with Crippen LogP contribution in [-0.2, 0) is 28.6 Å². The van der Waals surface area contributed by atoms with Crippen LogP contribution >= 0.6 is 0 Å². The molecule has 0 bridgehead atoms. The standard InChI is InChI=1S/C32H50FN5O7/c1-22(2)19-38(30(41)28(39)35-27-18-24(33)9-10-26(27)34-11-7-8-14-43-6)25-17-23(29(40)36-12-15-44-16-13-36)20-37(21-25)31(42)45-32(3,4)5/h9-10,18,22-23,25,34H,7-8,11-17,19-21H2,1-6H3,(H,35,39)/t23-,25?/m1/s1. The highest BCUT2D eigenvalue weighted by atomic mass is 19.1. The van der Waals surface area contributed by atoms with Crippen molar-refractivity contribution in [1.29, 1.82) is 0 Å². The number of hydrogen-bond acceptors (Lipinski definition) is 8. The number of unbranched alkanes of at least 4 members (excludes halogenated alkanes) is 1. The summed E-state index contributed by atoms with van der Waals surface area (Å²) in [6.45, 7) is 12.5. The average molecular weight is 636 g/mol. The molecule has 4 amide bonds. The summed E-state index contributed by atoms with van der Waals surface area (Å²) in [7, 11) is 1.63. The van der Waals surface area contributed by atoms with Gasteiger partial charge in [0.25, 0.3) is 0 Å². The fourth-order valence-electron chi connectivity index (χ4n) is 5.46. The molecule has 0 aromatic heterocycles. The molecule has 2 atom stereocenters. The predicted octanol–water partition coefficient (Wildman–Crippen LogP) is 3.57. The Kier molecular flexibility index (Phi) is 13.4. The van der Waals surface area contributed by atoms with Crippen LogP contribution in [0.15, 0.2) is 18.2 Å². The maximum Gasteiger partial charge on any atom is 0.410 e. The summed E-state index contributed by atoms with van der Waals surface area (Å²) in [5.41, 5.74) is -0.138. The van der Waals surface area contributed by atoms with E-state index in [2.05, 4.69) is 10.6 Å². The number of halogens is 1. The number of hydrogen-bond donors (Lipinski definition) is 2. The first-order valence-electron chi connectivity index (χ1n) is 15.8. The summed E-state index contributed by atoms with van der Waals surface area (Å²) in [6.07, 6.45) is 1.30. The van der Waals surface area contributed by atoms with Crippen molar-refractivity contribution in [3.63, 3.8) is 0 Å². The number of piperidine rings is 1. The first-order valence-corrected chi connectivity index (χ1v) is 15.8. The van der Waals surface area contributed by atoms with Crippen molar-refractivity contribution in [2.75, 3.05) is 76.8 Å². The van der Waals surface area contributed by atoms with E-state index < -0.39 is 41.3 Å². The Morgan fingerprint density at radius 1 is 1.07 bits per heavy atom. The smallest absolute Gasteiger partial charge is 0.410 e. The molecule has 2 saturated heterocycles. The molecule has 0 saturated carbocycles. The largest absolute Gasteiger partial charge is 0.444 e. The summed E-state index contributed by atoms with van der Waals surface area (Å²) in [5, 5.41) is 5.78. The van der Waals surface area contributed by atoms with Crippen LogP contribution in [0.5, 0.6) is 0 Å². The van der Waals surface area contributed by atoms with Crippen molar-refractivity contribution in [3.8, 4) is 0 Å². The molecule has 2 heterocycles. The molecule has 13 heteroatoms. The van der Waals surface area contributed by atoms with E-state index in [0.29, 0.717) is 45.1 Å². The summed E-state index contributed by atoms with van der Waals surface area (Å²) >= 11 is 0. The topological polar surface area (TPSA) is 130 Å². The molecule has 0 radical (unpaired) electrons. The van der Waals surface area contributed by atoms with Gasteiger partial charge in [-0.25, -0.2) is 9.18 Å². The van der Waals surface area contributed by atoms with Crippen LogP contribution in [-0.4, -0.2) is 116 Å². The molecular formula is C32H50FN5O7. The molecule has 252 valence electrons. The quantitative estimate of drug-likeness (QED) is 0.279. The van der Waals surface area contributed by atoms with Crippen LogP contribution < -0.4 is 10.6 Å². The summed E-state index contributed by atoms with van der Waals surface area (Å²) < 4.78 is 30.3. The Bertz CT molecular complexity index is 1170. The number of ether oxygens (including phenoxy) is 3. The highest BCUT2D eigenvalue weighted by Gasteiger charge is 2.42. The van der Waals surface area contributed by atoms with E-state index in [1.54, 1.807) is 32.8 Å². The van der Waals surface area contributed by atoms with Crippen LogP contribution in [0.3, 0.4) is 0 Å². The number of rotatable bonds is 11. The van der Waals surface area contributed by atoms with Crippen molar-refractivity contribution in [2.45, 2.75) is 65.5 Å². The number of amides is 4. The normalized spacial score (nSPS) is 18.8. The van der Waals surface area contributed by atoms with Gasteiger partial charge in [-0.15, -0.1) is 0 Å². The van der Waals surface area contributed by atoms with Crippen molar-refractivity contribution >= 4 is 35.2 Å². The van der Waals surface area contributed by atoms with Gasteiger partial charge in [0.05, 0.1) is 36.5 Å². The first-order chi connectivity index (χ1) is 21.3. The maximum atomic E-state index is 14.2. The fourth-order valence-corrected chi connectivity index (χ4v) is 5.46. The number of nitrogens with zero attached hydrogens (tertiary/aromatic N) is 3. The number of carbonyl (C=O) groups is 4. The fraction of sp³-hybridized carbons (Fsp3) is 0.688. The minimum atomic E-state index is -0.936. The van der Waals surface area contributed by atoms with Gasteiger partial charge in [-0.1, -0.05) is 13.8 Å². The molecule has 2 fully saturated rings. The molecule has 45 heavy (non-hydrogen) atoms. The molecule has 12 nitrogen and oxygen atoms in total. The second-order valence-corrected chi connectivity index (χ2v) is 13.0. The Morgan fingerprint density at radius 2 is 1.78 bits per heavy atom. The van der Waals surface area contributed by atoms with Gasteiger partial charge in [-0.3, -0.25) is 14.4 Å². The number of benzene rings is 1. The van der Waals surface area contributed by atoms with Crippen LogP contribution in [0.1, 0.15) is 53.9 Å². The summed E-state index contributed by atoms with van der Waals surface area (Å²) in [5.74, 6) is -3.07. The average Bonchev–Trinajstić information content (AvgIpc) is 2.99. The molecule has 0 aliphatic carbocycles. The molecule has 2 aliphatic heterocycles. The number of methoxy groups -OCH3 is 1. The SMILES string of the molecule is COCCCCNc1ccc(F)cc1NC(=O)C(=O)N(CC(C)C)C1C[C@@H](C(=O)N2CCOCC2)CN(C(=O)OC(C)(C)C)C1. The van der Waals surface area contributed by atoms with Crippen LogP contribution in [0.2, 0.25) is 0 Å². The zero-order chi connectivity index (χ0) is 33.1. The van der Waals surface area contributed by atoms with Gasteiger partial charge in [0, 0.05) is 53.0 Å². The van der Waals surface area contributed by atoms with Gasteiger partial charge >= 0.3 is 17.9 Å². The van der Waals surface area contributed by atoms with E-state index in [-0.39, 0.29) is 43.6 Å². The highest BCUT2D eigenvalue weighted by Crippen LogP contribution is 2.27. The Hall–Kier alpha value is -3.45. The Morgan fingerprint density at radius 3 is 2.42 bits per heavy atom. The lowest BCUT2D eigenvalue weighted by Gasteiger charge is -2.43. The maximum absolute atomic E-state index is 14.2. The molecule has 1 unspecified atom stereocenters. The predicted molar refractivity (Wildman–Crippen MR) is 168 cm³/mol. The second kappa shape index (κ2) is 16.7. The first kappa shape index (κ1) is 36.0. The van der Waals surface area contributed by atoms with Crippen molar-refractivity contribution in [2.24, 2.45) is 11.8 Å². The number of anilines is 2. The third kappa shape index (κ3) is 11.1. The molecule has 3 rings (SSSR count). The third-order valence-electron chi connectivity index (χ3n) is 7.53. The van der Waals surface area contributed by atoms with Crippen LogP contribution in [0.25, 0.3) is 0 Å². The Labute approximate surface area is 265 Å². The molecule has 2 aliphatic rings. The van der Waals surface area contributed by atoms with Crippen molar-refractivity contribution < 1.29 is 37.8 Å². The second-order valence-electron chi connectivity index (χ2n) is 13.0. The van der Waals surface area contributed by atoms with Gasteiger partial charge < -0.3 is 39.5 Å². The van der Waals surface area contributed by atoms with E-state index >= 15 is 0 Å². The molecule has 0 spiro atoms. The summed E-state index contributed by atoms with van der Waals surface area (Å²) in [6, 6.07) is 3.32. The lowest BCUT2D eigenvalue weighted by Crippen LogP contribution is -2.59. The zero-order valence-electron chi connectivity index (χ0n) is 27.5. The van der Waals surface area contributed by atoms with Gasteiger partial charge in [0.15, 0.2) is 0 Å². The Balaban J connectivity index is 1.84. The van der Waals surface area contributed by atoms with Crippen molar-refractivity contribution in [1.82, 2.24) is 14.7 Å². The van der Waals surface area contributed by atoms with Gasteiger partial charge in [0.1, 0.15) is 11.4 Å². The lowest BCUT2D eigenvalue weighted by molar-refractivity contribution is -0.149. The van der Waals surface area contributed by atoms with Crippen LogP contribution in [0.4, 0.5) is 20.6 Å². The molecule has 2 N–H and O–H groups in total. The lowest BCUT2D eigenvalue weighted by atomic mass is 9.91. The van der Waals surface area contributed by atoms with Gasteiger partial charge in [0.2, 0.25) is 5.91 Å². The molecular weight excluding hydrogens is 585 g/mol. The minimum absolute atomic E-state index is 0.0226. The number of nitrogens with one attached hydrogen (secondary N) is 2. The van der Waals surface area contributed by atoms with Crippen LogP contribution in [0, 0.1) is 17.7 Å². The monoisotopic (exact) mass is 635 g/mol. The third-order valence-corrected chi connectivity index (χ3v) is 7.53. The van der Waals surface area contributed by atoms with E-state index in [4.69, 9.17) is 14.2 Å². The highest BCUT2D eigenvalue weighted by molar-refractivity contribution is 6.40. The van der Waals surface area contributed by atoms with E-state index in [9.17, 15) is 23.6 Å². The molecule has 1 aromatic carbocycles. The number of carbonyl (C=O) groups excluding carboxylic acids is 4. The van der Waals surface area contributed by atoms with E-state index in [0.717, 1.165) is 18.9 Å². The van der Waals surface area contributed by atoms with E-state index in [1.807, 2.05) is 13.8 Å². The van der Waals surface area contributed by atoms with Gasteiger partial charge in [-0.05, 0) is 64.2 Å². The minimum Gasteiger partial charge on any atom is -0.444 e. The summed E-state index contributed by atoms with van der Waals surface area (Å²) in [4.78, 5) is 58.8. The molecule has 1 aromatic rings. The van der Waals surface area contributed by atoms with Crippen molar-refractivity contribution in [3.05, 3.63) is 24.0 Å². The van der Waals surface area contributed by atoms with E-state index in [1.165, 1.54) is 21.9 Å². The number of morpholine rings is 1. The van der Waals surface area contributed by atoms with Gasteiger partial charge in [-0.2, -0.15) is 0 Å².